The van der Waals surface area contributed by atoms with Crippen molar-refractivity contribution in [1.29, 1.82) is 0 Å². The molecule has 0 aliphatic carbocycles. The van der Waals surface area contributed by atoms with Crippen molar-refractivity contribution in [2.75, 3.05) is 7.11 Å². The summed E-state index contributed by atoms with van der Waals surface area (Å²) in [6, 6.07) is 11.1. The third-order valence-electron chi connectivity index (χ3n) is 3.43. The first-order valence-electron chi connectivity index (χ1n) is 7.09. The molecule has 25 heavy (non-hydrogen) atoms. The predicted molar refractivity (Wildman–Crippen MR) is 91.7 cm³/mol. The Labute approximate surface area is 147 Å². The molecule has 0 fully saturated rings. The fourth-order valence-electron chi connectivity index (χ4n) is 2.18. The minimum Gasteiger partial charge on any atom is -0.497 e. The molecule has 0 saturated carbocycles. The molecule has 0 bridgehead atoms. The van der Waals surface area contributed by atoms with Crippen molar-refractivity contribution in [1.82, 2.24) is 0 Å². The second-order valence-electron chi connectivity index (χ2n) is 5.03. The third kappa shape index (κ3) is 3.51. The van der Waals surface area contributed by atoms with Crippen molar-refractivity contribution in [3.05, 3.63) is 74.4 Å². The Morgan fingerprint density at radius 3 is 2.60 bits per heavy atom. The summed E-state index contributed by atoms with van der Waals surface area (Å²) >= 11 is 5.78. The van der Waals surface area contributed by atoms with Gasteiger partial charge < -0.3 is 9.47 Å². The van der Waals surface area contributed by atoms with Gasteiger partial charge in [0.2, 0.25) is 5.90 Å². The molecular formula is C17H11ClN2O5. The van der Waals surface area contributed by atoms with Gasteiger partial charge in [0.15, 0.2) is 5.70 Å². The molecule has 0 atom stereocenters. The van der Waals surface area contributed by atoms with Gasteiger partial charge in [-0.3, -0.25) is 10.1 Å². The van der Waals surface area contributed by atoms with Crippen LogP contribution in [0.3, 0.4) is 0 Å². The molecule has 0 N–H and O–H groups in total. The van der Waals surface area contributed by atoms with Gasteiger partial charge in [0.25, 0.3) is 5.69 Å². The first-order chi connectivity index (χ1) is 12.0. The molecule has 8 heteroatoms. The maximum atomic E-state index is 12.0. The Hall–Kier alpha value is -3.19. The van der Waals surface area contributed by atoms with Crippen LogP contribution >= 0.6 is 11.6 Å². The van der Waals surface area contributed by atoms with Gasteiger partial charge in [-0.25, -0.2) is 9.79 Å². The van der Waals surface area contributed by atoms with Crippen LogP contribution in [0.15, 0.2) is 53.2 Å². The highest BCUT2D eigenvalue weighted by Gasteiger charge is 2.26. The van der Waals surface area contributed by atoms with Crippen molar-refractivity contribution in [2.45, 2.75) is 0 Å². The van der Waals surface area contributed by atoms with Crippen LogP contribution in [-0.4, -0.2) is 23.9 Å². The number of nitrogens with zero attached hydrogens (tertiary/aromatic N) is 2. The van der Waals surface area contributed by atoms with Gasteiger partial charge in [0.05, 0.1) is 12.0 Å². The summed E-state index contributed by atoms with van der Waals surface area (Å²) in [4.78, 5) is 26.4. The average molecular weight is 359 g/mol. The third-order valence-corrected chi connectivity index (χ3v) is 3.75. The molecular weight excluding hydrogens is 348 g/mol. The van der Waals surface area contributed by atoms with E-state index >= 15 is 0 Å². The minimum atomic E-state index is -0.636. The summed E-state index contributed by atoms with van der Waals surface area (Å²) in [5.41, 5.74) is 0.839. The van der Waals surface area contributed by atoms with Gasteiger partial charge in [0.1, 0.15) is 10.8 Å². The van der Waals surface area contributed by atoms with E-state index in [0.29, 0.717) is 11.3 Å². The van der Waals surface area contributed by atoms with Crippen molar-refractivity contribution >= 4 is 35.2 Å². The summed E-state index contributed by atoms with van der Waals surface area (Å²) in [5.74, 6) is 0.0433. The van der Waals surface area contributed by atoms with Crippen molar-refractivity contribution in [3.8, 4) is 5.75 Å². The first-order valence-corrected chi connectivity index (χ1v) is 7.46. The van der Waals surface area contributed by atoms with E-state index in [1.54, 1.807) is 37.5 Å². The molecule has 0 amide bonds. The van der Waals surface area contributed by atoms with Crippen LogP contribution < -0.4 is 4.74 Å². The number of rotatable bonds is 4. The molecule has 7 nitrogen and oxygen atoms in total. The molecule has 0 spiro atoms. The summed E-state index contributed by atoms with van der Waals surface area (Å²) in [7, 11) is 1.56. The number of cyclic esters (lactones) is 1. The molecule has 0 saturated heterocycles. The smallest absolute Gasteiger partial charge is 0.363 e. The second kappa shape index (κ2) is 6.74. The summed E-state index contributed by atoms with van der Waals surface area (Å²) < 4.78 is 10.2. The molecule has 3 rings (SSSR count). The van der Waals surface area contributed by atoms with Crippen LogP contribution in [0, 0.1) is 10.1 Å². The zero-order valence-corrected chi connectivity index (χ0v) is 13.7. The lowest BCUT2D eigenvalue weighted by molar-refractivity contribution is -0.384. The number of methoxy groups -OCH3 is 1. The van der Waals surface area contributed by atoms with Gasteiger partial charge in [-0.15, -0.1) is 0 Å². The normalized spacial score (nSPS) is 15.0. The zero-order valence-electron chi connectivity index (χ0n) is 12.9. The minimum absolute atomic E-state index is 0.00679. The molecule has 1 heterocycles. The Morgan fingerprint density at radius 1 is 1.24 bits per heavy atom. The molecule has 0 unspecified atom stereocenters. The maximum Gasteiger partial charge on any atom is 0.363 e. The van der Waals surface area contributed by atoms with Gasteiger partial charge in [-0.2, -0.15) is 0 Å². The number of ether oxygens (including phenoxy) is 2. The topological polar surface area (TPSA) is 91.0 Å². The predicted octanol–water partition coefficient (Wildman–Crippen LogP) is 3.60. The molecule has 0 aromatic heterocycles. The van der Waals surface area contributed by atoms with Crippen LogP contribution in [0.2, 0.25) is 5.02 Å². The number of carbonyl (C=O) groups excluding carboxylic acids is 1. The van der Waals surface area contributed by atoms with Crippen LogP contribution in [0.5, 0.6) is 5.75 Å². The maximum absolute atomic E-state index is 12.0. The van der Waals surface area contributed by atoms with Gasteiger partial charge in [-0.05, 0) is 35.9 Å². The number of hydrogen-bond acceptors (Lipinski definition) is 6. The van der Waals surface area contributed by atoms with E-state index in [0.717, 1.165) is 5.56 Å². The number of halogens is 1. The highest BCUT2D eigenvalue weighted by atomic mass is 35.5. The van der Waals surface area contributed by atoms with Crippen LogP contribution in [0.1, 0.15) is 11.1 Å². The molecule has 0 radical (unpaired) electrons. The largest absolute Gasteiger partial charge is 0.497 e. The molecule has 126 valence electrons. The van der Waals surface area contributed by atoms with Crippen molar-refractivity contribution in [3.63, 3.8) is 0 Å². The zero-order chi connectivity index (χ0) is 18.0. The van der Waals surface area contributed by atoms with Crippen molar-refractivity contribution < 1.29 is 19.2 Å². The Balaban J connectivity index is 1.93. The number of aliphatic imine (C=N–C) groups is 1. The molecule has 2 aromatic carbocycles. The quantitative estimate of drug-likeness (QED) is 0.360. The van der Waals surface area contributed by atoms with E-state index in [1.165, 1.54) is 18.2 Å². The highest BCUT2D eigenvalue weighted by Crippen LogP contribution is 2.27. The SMILES string of the molecule is COc1ccc(/C=C2\N=C(c3ccc(Cl)c([N+](=O)[O-])c3)OC2=O)cc1. The number of benzene rings is 2. The number of hydrogen-bond donors (Lipinski definition) is 0. The molecule has 1 aliphatic heterocycles. The average Bonchev–Trinajstić information content (AvgIpc) is 2.96. The Kier molecular flexibility index (Phi) is 4.49. The highest BCUT2D eigenvalue weighted by molar-refractivity contribution is 6.32. The Morgan fingerprint density at radius 2 is 1.96 bits per heavy atom. The standard InChI is InChI=1S/C17H11ClN2O5/c1-24-12-5-2-10(3-6-12)8-14-17(21)25-16(19-14)11-4-7-13(18)15(9-11)20(22)23/h2-9H,1H3/b14-8-. The van der Waals surface area contributed by atoms with E-state index < -0.39 is 10.9 Å². The summed E-state index contributed by atoms with van der Waals surface area (Å²) in [6.45, 7) is 0. The molecule has 2 aromatic rings. The number of nitro groups is 1. The van der Waals surface area contributed by atoms with Crippen molar-refractivity contribution in [2.24, 2.45) is 4.99 Å². The van der Waals surface area contributed by atoms with E-state index in [1.807, 2.05) is 0 Å². The fourth-order valence-corrected chi connectivity index (χ4v) is 2.36. The van der Waals surface area contributed by atoms with E-state index in [4.69, 9.17) is 21.1 Å². The number of nitro benzene ring substituents is 1. The van der Waals surface area contributed by atoms with Gasteiger partial charge in [-0.1, -0.05) is 23.7 Å². The van der Waals surface area contributed by atoms with Crippen LogP contribution in [0.4, 0.5) is 5.69 Å². The second-order valence-corrected chi connectivity index (χ2v) is 5.44. The summed E-state index contributed by atoms with van der Waals surface area (Å²) in [6.07, 6.45) is 1.55. The Bertz CT molecular complexity index is 919. The van der Waals surface area contributed by atoms with Gasteiger partial charge in [0, 0.05) is 11.6 Å². The number of esters is 1. The monoisotopic (exact) mass is 358 g/mol. The van der Waals surface area contributed by atoms with Crippen LogP contribution in [-0.2, 0) is 9.53 Å². The van der Waals surface area contributed by atoms with Gasteiger partial charge >= 0.3 is 5.97 Å². The van der Waals surface area contributed by atoms with E-state index in [9.17, 15) is 14.9 Å². The summed E-state index contributed by atoms with van der Waals surface area (Å²) in [5, 5.41) is 11.0. The number of carbonyl (C=O) groups is 1. The lowest BCUT2D eigenvalue weighted by Crippen LogP contribution is -2.06. The van der Waals surface area contributed by atoms with E-state index in [2.05, 4.69) is 4.99 Å². The molecule has 1 aliphatic rings. The lowest BCUT2D eigenvalue weighted by atomic mass is 10.2. The first kappa shape index (κ1) is 16.7. The van der Waals surface area contributed by atoms with Crippen LogP contribution in [0.25, 0.3) is 6.08 Å². The lowest BCUT2D eigenvalue weighted by Gasteiger charge is -2.00. The van der Waals surface area contributed by atoms with E-state index in [-0.39, 0.29) is 22.3 Å². The fraction of sp³-hybridized carbons (Fsp3) is 0.0588.